The van der Waals surface area contributed by atoms with E-state index in [1.807, 2.05) is 0 Å². The average molecular weight is 363 g/mol. The van der Waals surface area contributed by atoms with Crippen molar-refractivity contribution in [2.45, 2.75) is 57.6 Å². The molecule has 3 amide bonds. The van der Waals surface area contributed by atoms with Gasteiger partial charge in [-0.25, -0.2) is 14.8 Å². The van der Waals surface area contributed by atoms with Gasteiger partial charge in [-0.3, -0.25) is 14.9 Å². The van der Waals surface area contributed by atoms with Crippen molar-refractivity contribution in [3.63, 3.8) is 0 Å². The second-order valence-corrected chi connectivity index (χ2v) is 6.18. The van der Waals surface area contributed by atoms with Gasteiger partial charge in [0.1, 0.15) is 0 Å². The third-order valence-corrected chi connectivity index (χ3v) is 4.03. The smallest absolute Gasteiger partial charge is 0.321 e. The fourth-order valence-corrected chi connectivity index (χ4v) is 2.66. The molecule has 0 spiro atoms. The van der Waals surface area contributed by atoms with Gasteiger partial charge in [0.05, 0.1) is 6.42 Å². The van der Waals surface area contributed by atoms with Gasteiger partial charge in [-0.1, -0.05) is 19.3 Å². The summed E-state index contributed by atoms with van der Waals surface area (Å²) in [5.74, 6) is -0.791. The van der Waals surface area contributed by atoms with Crippen molar-refractivity contribution in [3.05, 3.63) is 18.5 Å². The molecule has 9 heteroatoms. The highest BCUT2D eigenvalue weighted by atomic mass is 16.5. The summed E-state index contributed by atoms with van der Waals surface area (Å²) in [6, 6.07) is 1.23. The number of imide groups is 1. The monoisotopic (exact) mass is 363 g/mol. The first-order valence-corrected chi connectivity index (χ1v) is 8.86. The molecule has 1 heterocycles. The van der Waals surface area contributed by atoms with Crippen LogP contribution in [0, 0.1) is 0 Å². The van der Waals surface area contributed by atoms with E-state index in [0.29, 0.717) is 5.95 Å². The maximum Gasteiger partial charge on any atom is 0.321 e. The lowest BCUT2D eigenvalue weighted by Gasteiger charge is -2.23. The topological polar surface area (TPSA) is 122 Å². The molecule has 1 fully saturated rings. The molecule has 1 atom stereocenters. The van der Waals surface area contributed by atoms with E-state index in [0.717, 1.165) is 25.7 Å². The Morgan fingerprint density at radius 1 is 1.19 bits per heavy atom. The molecule has 142 valence electrons. The fourth-order valence-electron chi connectivity index (χ4n) is 2.66. The van der Waals surface area contributed by atoms with Gasteiger partial charge in [-0.15, -0.1) is 0 Å². The van der Waals surface area contributed by atoms with Crippen molar-refractivity contribution >= 4 is 23.9 Å². The van der Waals surface area contributed by atoms with Gasteiger partial charge < -0.3 is 15.4 Å². The van der Waals surface area contributed by atoms with Crippen LogP contribution in [0.1, 0.15) is 45.4 Å². The van der Waals surface area contributed by atoms with E-state index in [2.05, 4.69) is 25.9 Å². The highest BCUT2D eigenvalue weighted by Crippen LogP contribution is 2.17. The van der Waals surface area contributed by atoms with Crippen LogP contribution in [0.5, 0.6) is 0 Å². The number of aromatic nitrogens is 2. The number of esters is 1. The lowest BCUT2D eigenvalue weighted by molar-refractivity contribution is -0.154. The average Bonchev–Trinajstić information content (AvgIpc) is 2.63. The first-order valence-electron chi connectivity index (χ1n) is 8.86. The molecule has 1 aliphatic rings. The zero-order valence-electron chi connectivity index (χ0n) is 14.9. The lowest BCUT2D eigenvalue weighted by atomic mass is 9.96. The zero-order chi connectivity index (χ0) is 18.8. The molecule has 26 heavy (non-hydrogen) atoms. The van der Waals surface area contributed by atoms with E-state index < -0.39 is 24.0 Å². The molecule has 0 aliphatic heterocycles. The molecule has 3 N–H and O–H groups in total. The number of ether oxygens (including phenoxy) is 1. The van der Waals surface area contributed by atoms with Gasteiger partial charge in [-0.2, -0.15) is 0 Å². The molecule has 0 saturated heterocycles. The standard InChI is InChI=1S/C17H25N5O4/c1-12(15(24)22-17(25)21-13-6-3-2-4-7-13)26-14(23)8-11-20-16-18-9-5-10-19-16/h5,9-10,12-13H,2-4,6-8,11H2,1H3,(H,18,19,20)(H2,21,22,24,25). The van der Waals surface area contributed by atoms with Crippen LogP contribution in [0.4, 0.5) is 10.7 Å². The number of rotatable bonds is 7. The van der Waals surface area contributed by atoms with Gasteiger partial charge in [0, 0.05) is 25.0 Å². The highest BCUT2D eigenvalue weighted by molar-refractivity contribution is 5.97. The van der Waals surface area contributed by atoms with Crippen molar-refractivity contribution in [1.82, 2.24) is 20.6 Å². The Hall–Kier alpha value is -2.71. The maximum absolute atomic E-state index is 11.9. The predicted octanol–water partition coefficient (Wildman–Crippen LogP) is 1.37. The molecule has 1 saturated carbocycles. The summed E-state index contributed by atoms with van der Waals surface area (Å²) in [4.78, 5) is 43.5. The number of anilines is 1. The van der Waals surface area contributed by atoms with E-state index in [-0.39, 0.29) is 19.0 Å². The molecule has 1 aromatic rings. The van der Waals surface area contributed by atoms with Crippen LogP contribution in [0.3, 0.4) is 0 Å². The molecule has 0 bridgehead atoms. The quantitative estimate of drug-likeness (QED) is 0.625. The molecule has 2 rings (SSSR count). The van der Waals surface area contributed by atoms with E-state index in [4.69, 9.17) is 4.74 Å². The largest absolute Gasteiger partial charge is 0.452 e. The number of hydrogen-bond donors (Lipinski definition) is 3. The van der Waals surface area contributed by atoms with Crippen molar-refractivity contribution in [2.24, 2.45) is 0 Å². The SMILES string of the molecule is CC(OC(=O)CCNc1ncccn1)C(=O)NC(=O)NC1CCCCC1. The predicted molar refractivity (Wildman–Crippen MR) is 94.2 cm³/mol. The van der Waals surface area contributed by atoms with Crippen LogP contribution >= 0.6 is 0 Å². The molecule has 9 nitrogen and oxygen atoms in total. The fraction of sp³-hybridized carbons (Fsp3) is 0.588. The normalized spacial score (nSPS) is 15.6. The van der Waals surface area contributed by atoms with Gasteiger partial charge in [-0.05, 0) is 25.8 Å². The van der Waals surface area contributed by atoms with E-state index in [1.54, 1.807) is 18.5 Å². The van der Waals surface area contributed by atoms with Crippen LogP contribution in [-0.2, 0) is 14.3 Å². The second-order valence-electron chi connectivity index (χ2n) is 6.18. The number of nitrogens with zero attached hydrogens (tertiary/aromatic N) is 2. The van der Waals surface area contributed by atoms with Crippen LogP contribution in [0.2, 0.25) is 0 Å². The van der Waals surface area contributed by atoms with Gasteiger partial charge in [0.25, 0.3) is 5.91 Å². The summed E-state index contributed by atoms with van der Waals surface area (Å²) >= 11 is 0. The second kappa shape index (κ2) is 10.3. The van der Waals surface area contributed by atoms with Crippen LogP contribution < -0.4 is 16.0 Å². The number of carbonyl (C=O) groups is 3. The summed E-state index contributed by atoms with van der Waals surface area (Å²) in [7, 11) is 0. The molecule has 0 radical (unpaired) electrons. The lowest BCUT2D eigenvalue weighted by Crippen LogP contribution is -2.48. The van der Waals surface area contributed by atoms with Crippen molar-refractivity contribution in [1.29, 1.82) is 0 Å². The van der Waals surface area contributed by atoms with E-state index in [1.165, 1.54) is 13.3 Å². The van der Waals surface area contributed by atoms with Crippen LogP contribution in [-0.4, -0.2) is 46.6 Å². The van der Waals surface area contributed by atoms with E-state index in [9.17, 15) is 14.4 Å². The Morgan fingerprint density at radius 3 is 2.58 bits per heavy atom. The minimum Gasteiger partial charge on any atom is -0.452 e. The minimum atomic E-state index is -1.05. The molecular formula is C17H25N5O4. The number of hydrogen-bond acceptors (Lipinski definition) is 7. The number of amides is 3. The van der Waals surface area contributed by atoms with Crippen molar-refractivity contribution in [2.75, 3.05) is 11.9 Å². The highest BCUT2D eigenvalue weighted by Gasteiger charge is 2.22. The summed E-state index contributed by atoms with van der Waals surface area (Å²) in [6.07, 6.45) is 7.34. The Labute approximate surface area is 152 Å². The van der Waals surface area contributed by atoms with Crippen molar-refractivity contribution in [3.8, 4) is 0 Å². The first-order chi connectivity index (χ1) is 12.5. The summed E-state index contributed by atoms with van der Waals surface area (Å²) in [5.41, 5.74) is 0. The van der Waals surface area contributed by atoms with Gasteiger partial charge in [0.2, 0.25) is 5.95 Å². The van der Waals surface area contributed by atoms with E-state index >= 15 is 0 Å². The molecule has 0 aromatic carbocycles. The summed E-state index contributed by atoms with van der Waals surface area (Å²) < 4.78 is 5.03. The van der Waals surface area contributed by atoms with Gasteiger partial charge in [0.15, 0.2) is 6.10 Å². The minimum absolute atomic E-state index is 0.0458. The molecule has 1 aliphatic carbocycles. The van der Waals surface area contributed by atoms with Gasteiger partial charge >= 0.3 is 12.0 Å². The Kier molecular flexibility index (Phi) is 7.78. The maximum atomic E-state index is 11.9. The van der Waals surface area contributed by atoms with Crippen molar-refractivity contribution < 1.29 is 19.1 Å². The third-order valence-electron chi connectivity index (χ3n) is 4.03. The molecular weight excluding hydrogens is 338 g/mol. The Bertz CT molecular complexity index is 604. The first kappa shape index (κ1) is 19.6. The van der Waals surface area contributed by atoms with Crippen LogP contribution in [0.15, 0.2) is 18.5 Å². The number of carbonyl (C=O) groups excluding carboxylic acids is 3. The Balaban J connectivity index is 1.63. The zero-order valence-corrected chi connectivity index (χ0v) is 14.9. The molecule has 1 unspecified atom stereocenters. The molecule has 1 aromatic heterocycles. The number of nitrogens with one attached hydrogen (secondary N) is 3. The summed E-state index contributed by atoms with van der Waals surface area (Å²) in [5, 5.41) is 7.86. The summed E-state index contributed by atoms with van der Waals surface area (Å²) in [6.45, 7) is 1.70. The third kappa shape index (κ3) is 7.04. The Morgan fingerprint density at radius 2 is 1.88 bits per heavy atom. The number of urea groups is 1. The van der Waals surface area contributed by atoms with Crippen LogP contribution in [0.25, 0.3) is 0 Å².